The van der Waals surface area contributed by atoms with Gasteiger partial charge in [0.1, 0.15) is 11.9 Å². The van der Waals surface area contributed by atoms with Gasteiger partial charge in [-0.2, -0.15) is 0 Å². The van der Waals surface area contributed by atoms with Crippen LogP contribution in [0.3, 0.4) is 0 Å². The van der Waals surface area contributed by atoms with Gasteiger partial charge in [0.2, 0.25) is 0 Å². The van der Waals surface area contributed by atoms with Crippen molar-refractivity contribution in [3.8, 4) is 16.9 Å². The summed E-state index contributed by atoms with van der Waals surface area (Å²) in [6.07, 6.45) is 3.96. The van der Waals surface area contributed by atoms with Gasteiger partial charge in [0.25, 0.3) is 0 Å². The SMILES string of the molecule is Cc1cc(C(=O)O)ccc1-c1ccc(OC(C)C(O)CCc2cccnc2)cc1. The fourth-order valence-corrected chi connectivity index (χ4v) is 3.22. The van der Waals surface area contributed by atoms with Gasteiger partial charge in [0.15, 0.2) is 0 Å². The van der Waals surface area contributed by atoms with E-state index in [2.05, 4.69) is 4.98 Å². The molecule has 5 nitrogen and oxygen atoms in total. The van der Waals surface area contributed by atoms with Crippen molar-refractivity contribution in [2.75, 3.05) is 0 Å². The molecule has 3 aromatic rings. The van der Waals surface area contributed by atoms with E-state index in [0.29, 0.717) is 12.2 Å². The van der Waals surface area contributed by atoms with Crippen molar-refractivity contribution in [2.24, 2.45) is 0 Å². The zero-order valence-corrected chi connectivity index (χ0v) is 16.6. The molecule has 2 N–H and O–H groups in total. The molecule has 3 rings (SSSR count). The standard InChI is InChI=1S/C24H25NO4/c1-16-14-20(24(27)28)8-11-22(16)19-6-9-21(10-7-19)29-17(2)23(26)12-5-18-4-3-13-25-15-18/h3-4,6-11,13-15,17,23,26H,5,12H2,1-2H3,(H,27,28). The Labute approximate surface area is 170 Å². The molecule has 150 valence electrons. The highest BCUT2D eigenvalue weighted by Gasteiger charge is 2.16. The first kappa shape index (κ1) is 20.6. The lowest BCUT2D eigenvalue weighted by Crippen LogP contribution is -2.29. The summed E-state index contributed by atoms with van der Waals surface area (Å²) in [5.41, 5.74) is 4.23. The summed E-state index contributed by atoms with van der Waals surface area (Å²) in [5.74, 6) is -0.249. The van der Waals surface area contributed by atoms with Crippen LogP contribution in [0.2, 0.25) is 0 Å². The zero-order chi connectivity index (χ0) is 20.8. The zero-order valence-electron chi connectivity index (χ0n) is 16.6. The Bertz CT molecular complexity index is 954. The molecule has 0 bridgehead atoms. The van der Waals surface area contributed by atoms with Crippen LogP contribution in [-0.2, 0) is 6.42 Å². The van der Waals surface area contributed by atoms with Gasteiger partial charge in [0.05, 0.1) is 11.7 Å². The van der Waals surface area contributed by atoms with Crippen LogP contribution in [0.1, 0.15) is 34.8 Å². The molecular weight excluding hydrogens is 366 g/mol. The molecule has 0 fully saturated rings. The number of aromatic carboxylic acids is 1. The van der Waals surface area contributed by atoms with Crippen molar-refractivity contribution in [1.29, 1.82) is 0 Å². The van der Waals surface area contributed by atoms with Crippen molar-refractivity contribution in [2.45, 2.75) is 38.9 Å². The monoisotopic (exact) mass is 391 g/mol. The highest BCUT2D eigenvalue weighted by Crippen LogP contribution is 2.27. The minimum Gasteiger partial charge on any atom is -0.488 e. The number of aliphatic hydroxyl groups is 1. The molecule has 0 saturated carbocycles. The predicted octanol–water partition coefficient (Wildman–Crippen LogP) is 4.52. The third kappa shape index (κ3) is 5.42. The molecule has 29 heavy (non-hydrogen) atoms. The number of aliphatic hydroxyl groups excluding tert-OH is 1. The van der Waals surface area contributed by atoms with Gasteiger partial charge in [-0.3, -0.25) is 4.98 Å². The van der Waals surface area contributed by atoms with Gasteiger partial charge in [-0.1, -0.05) is 24.3 Å². The van der Waals surface area contributed by atoms with Gasteiger partial charge >= 0.3 is 5.97 Å². The number of aromatic nitrogens is 1. The summed E-state index contributed by atoms with van der Waals surface area (Å²) in [6, 6.07) is 16.6. The maximum absolute atomic E-state index is 11.1. The van der Waals surface area contributed by atoms with Gasteiger partial charge in [-0.05, 0) is 79.3 Å². The molecule has 0 aliphatic heterocycles. The number of pyridine rings is 1. The third-order valence-electron chi connectivity index (χ3n) is 4.95. The molecule has 2 atom stereocenters. The number of hydrogen-bond acceptors (Lipinski definition) is 4. The van der Waals surface area contributed by atoms with Gasteiger partial charge in [-0.15, -0.1) is 0 Å². The average molecular weight is 391 g/mol. The normalized spacial score (nSPS) is 12.9. The summed E-state index contributed by atoms with van der Waals surface area (Å²) >= 11 is 0. The van der Waals surface area contributed by atoms with E-state index in [4.69, 9.17) is 9.84 Å². The molecule has 0 amide bonds. The Morgan fingerprint density at radius 3 is 2.52 bits per heavy atom. The molecule has 1 heterocycles. The van der Waals surface area contributed by atoms with Gasteiger partial charge < -0.3 is 14.9 Å². The van der Waals surface area contributed by atoms with E-state index in [-0.39, 0.29) is 11.7 Å². The number of aryl methyl sites for hydroxylation is 2. The Hall–Kier alpha value is -3.18. The maximum atomic E-state index is 11.1. The highest BCUT2D eigenvalue weighted by molar-refractivity contribution is 5.89. The van der Waals surface area contributed by atoms with Gasteiger partial charge in [0, 0.05) is 12.4 Å². The van der Waals surface area contributed by atoms with Crippen molar-refractivity contribution >= 4 is 5.97 Å². The number of carboxylic acid groups (broad SMARTS) is 1. The van der Waals surface area contributed by atoms with Crippen LogP contribution < -0.4 is 4.74 Å². The van der Waals surface area contributed by atoms with Crippen LogP contribution in [0.25, 0.3) is 11.1 Å². The Morgan fingerprint density at radius 2 is 1.90 bits per heavy atom. The smallest absolute Gasteiger partial charge is 0.335 e. The van der Waals surface area contributed by atoms with E-state index in [0.717, 1.165) is 28.7 Å². The number of hydrogen-bond donors (Lipinski definition) is 2. The lowest BCUT2D eigenvalue weighted by Gasteiger charge is -2.21. The van der Waals surface area contributed by atoms with Crippen LogP contribution in [0.15, 0.2) is 67.0 Å². The van der Waals surface area contributed by atoms with Crippen LogP contribution in [0.4, 0.5) is 0 Å². The first-order valence-corrected chi connectivity index (χ1v) is 9.62. The fraction of sp³-hybridized carbons (Fsp3) is 0.250. The van der Waals surface area contributed by atoms with E-state index in [1.54, 1.807) is 18.3 Å². The molecular formula is C24H25NO4. The molecule has 0 aliphatic carbocycles. The summed E-state index contributed by atoms with van der Waals surface area (Å²) in [4.78, 5) is 15.2. The first-order valence-electron chi connectivity index (χ1n) is 9.62. The Balaban J connectivity index is 1.60. The number of rotatable bonds is 8. The topological polar surface area (TPSA) is 79.7 Å². The van der Waals surface area contributed by atoms with E-state index in [1.807, 2.05) is 62.5 Å². The third-order valence-corrected chi connectivity index (χ3v) is 4.95. The molecule has 2 aromatic carbocycles. The predicted molar refractivity (Wildman–Crippen MR) is 112 cm³/mol. The quantitative estimate of drug-likeness (QED) is 0.590. The second-order valence-electron chi connectivity index (χ2n) is 7.15. The van der Waals surface area contributed by atoms with Crippen molar-refractivity contribution in [3.05, 3.63) is 83.7 Å². The molecule has 5 heteroatoms. The minimum atomic E-state index is -0.931. The number of benzene rings is 2. The molecule has 0 saturated heterocycles. The van der Waals surface area contributed by atoms with E-state index in [1.165, 1.54) is 0 Å². The van der Waals surface area contributed by atoms with Crippen molar-refractivity contribution in [1.82, 2.24) is 4.98 Å². The maximum Gasteiger partial charge on any atom is 0.335 e. The number of carboxylic acids is 1. The van der Waals surface area contributed by atoms with E-state index >= 15 is 0 Å². The first-order chi connectivity index (χ1) is 13.9. The molecule has 1 aromatic heterocycles. The summed E-state index contributed by atoms with van der Waals surface area (Å²) in [6.45, 7) is 3.75. The minimum absolute atomic E-state index is 0.278. The molecule has 0 spiro atoms. The van der Waals surface area contributed by atoms with Crippen LogP contribution in [-0.4, -0.2) is 33.4 Å². The average Bonchev–Trinajstić information content (AvgIpc) is 2.73. The lowest BCUT2D eigenvalue weighted by molar-refractivity contribution is 0.0420. The Kier molecular flexibility index (Phi) is 6.62. The number of carbonyl (C=O) groups is 1. The van der Waals surface area contributed by atoms with E-state index < -0.39 is 12.1 Å². The molecule has 2 unspecified atom stereocenters. The highest BCUT2D eigenvalue weighted by atomic mass is 16.5. The van der Waals surface area contributed by atoms with Crippen LogP contribution in [0, 0.1) is 6.92 Å². The van der Waals surface area contributed by atoms with Crippen molar-refractivity contribution < 1.29 is 19.7 Å². The number of ether oxygens (including phenoxy) is 1. The fourth-order valence-electron chi connectivity index (χ4n) is 3.22. The largest absolute Gasteiger partial charge is 0.488 e. The second kappa shape index (κ2) is 9.34. The second-order valence-corrected chi connectivity index (χ2v) is 7.15. The van der Waals surface area contributed by atoms with E-state index in [9.17, 15) is 9.90 Å². The summed E-state index contributed by atoms with van der Waals surface area (Å²) in [7, 11) is 0. The van der Waals surface area contributed by atoms with Crippen molar-refractivity contribution in [3.63, 3.8) is 0 Å². The molecule has 0 radical (unpaired) electrons. The molecule has 0 aliphatic rings. The lowest BCUT2D eigenvalue weighted by atomic mass is 9.98. The number of nitrogens with zero attached hydrogens (tertiary/aromatic N) is 1. The van der Waals surface area contributed by atoms with Crippen LogP contribution in [0.5, 0.6) is 5.75 Å². The van der Waals surface area contributed by atoms with Gasteiger partial charge in [-0.25, -0.2) is 4.79 Å². The Morgan fingerprint density at radius 1 is 1.14 bits per heavy atom. The van der Waals surface area contributed by atoms with Crippen LogP contribution >= 0.6 is 0 Å². The summed E-state index contributed by atoms with van der Waals surface area (Å²) in [5, 5.41) is 19.5. The summed E-state index contributed by atoms with van der Waals surface area (Å²) < 4.78 is 5.89.